The Morgan fingerprint density at radius 2 is 2.20 bits per heavy atom. The number of hydrogen-bond donors (Lipinski definition) is 1. The van der Waals surface area contributed by atoms with Crippen molar-refractivity contribution in [2.24, 2.45) is 0 Å². The Labute approximate surface area is 94.3 Å². The third kappa shape index (κ3) is 2.05. The van der Waals surface area contributed by atoms with Crippen LogP contribution < -0.4 is 0 Å². The molecule has 2 rings (SSSR count). The molecular formula is C9H8N2O2S2. The van der Waals surface area contributed by atoms with Crippen molar-refractivity contribution in [2.45, 2.75) is 13.3 Å². The molecule has 0 aliphatic rings. The Morgan fingerprint density at radius 1 is 1.40 bits per heavy atom. The third-order valence-corrected chi connectivity index (χ3v) is 3.65. The number of thiazole rings is 2. The highest BCUT2D eigenvalue weighted by Crippen LogP contribution is 2.25. The van der Waals surface area contributed by atoms with Gasteiger partial charge in [0.05, 0.1) is 5.01 Å². The average molecular weight is 240 g/mol. The summed E-state index contributed by atoms with van der Waals surface area (Å²) in [6, 6.07) is 0. The molecule has 78 valence electrons. The number of carboxylic acids is 1. The second kappa shape index (κ2) is 4.08. The third-order valence-electron chi connectivity index (χ3n) is 1.80. The van der Waals surface area contributed by atoms with Crippen molar-refractivity contribution >= 4 is 28.6 Å². The van der Waals surface area contributed by atoms with Gasteiger partial charge in [0.1, 0.15) is 10.7 Å². The van der Waals surface area contributed by atoms with Gasteiger partial charge in [-0.15, -0.1) is 22.7 Å². The molecule has 0 saturated carbocycles. The Morgan fingerprint density at radius 3 is 2.73 bits per heavy atom. The summed E-state index contributed by atoms with van der Waals surface area (Å²) in [5, 5.41) is 13.9. The lowest BCUT2D eigenvalue weighted by molar-refractivity contribution is 0.0691. The van der Waals surface area contributed by atoms with Gasteiger partial charge >= 0.3 is 5.97 Å². The first-order valence-corrected chi connectivity index (χ1v) is 6.10. The Hall–Kier alpha value is -1.27. The molecule has 4 nitrogen and oxygen atoms in total. The first-order valence-electron chi connectivity index (χ1n) is 4.34. The number of nitrogens with zero attached hydrogens (tertiary/aromatic N) is 2. The van der Waals surface area contributed by atoms with Crippen LogP contribution in [0.2, 0.25) is 0 Å². The molecule has 0 aliphatic carbocycles. The van der Waals surface area contributed by atoms with E-state index in [9.17, 15) is 4.79 Å². The molecule has 0 saturated heterocycles. The fraction of sp³-hybridized carbons (Fsp3) is 0.222. The molecular weight excluding hydrogens is 232 g/mol. The largest absolute Gasteiger partial charge is 0.476 e. The maximum atomic E-state index is 10.6. The van der Waals surface area contributed by atoms with Crippen LogP contribution in [0.4, 0.5) is 0 Å². The van der Waals surface area contributed by atoms with E-state index in [1.165, 1.54) is 16.7 Å². The van der Waals surface area contributed by atoms with Crippen LogP contribution in [-0.2, 0) is 6.42 Å². The second-order valence-electron chi connectivity index (χ2n) is 2.82. The van der Waals surface area contributed by atoms with E-state index in [0.717, 1.165) is 17.1 Å². The second-order valence-corrected chi connectivity index (χ2v) is 4.62. The molecule has 0 spiro atoms. The van der Waals surface area contributed by atoms with Gasteiger partial charge in [0, 0.05) is 10.8 Å². The van der Waals surface area contributed by atoms with Gasteiger partial charge in [-0.2, -0.15) is 0 Å². The highest BCUT2D eigenvalue weighted by molar-refractivity contribution is 7.14. The van der Waals surface area contributed by atoms with Gasteiger partial charge in [0.2, 0.25) is 0 Å². The Balaban J connectivity index is 2.32. The first-order chi connectivity index (χ1) is 7.20. The summed E-state index contributed by atoms with van der Waals surface area (Å²) in [4.78, 5) is 19.0. The lowest BCUT2D eigenvalue weighted by Crippen LogP contribution is -1.95. The molecule has 0 aromatic carbocycles. The van der Waals surface area contributed by atoms with Crippen LogP contribution in [0, 0.1) is 0 Å². The van der Waals surface area contributed by atoms with Gasteiger partial charge in [-0.25, -0.2) is 14.8 Å². The first kappa shape index (κ1) is 10.3. The summed E-state index contributed by atoms with van der Waals surface area (Å²) in [5.41, 5.74) is 0.857. The molecule has 0 unspecified atom stereocenters. The number of aryl methyl sites for hydroxylation is 1. The minimum atomic E-state index is -0.997. The normalized spacial score (nSPS) is 10.5. The van der Waals surface area contributed by atoms with E-state index < -0.39 is 5.97 Å². The van der Waals surface area contributed by atoms with E-state index in [-0.39, 0.29) is 5.69 Å². The predicted octanol–water partition coefficient (Wildman–Crippen LogP) is 2.53. The lowest BCUT2D eigenvalue weighted by Gasteiger charge is -1.87. The van der Waals surface area contributed by atoms with Crippen LogP contribution in [0.25, 0.3) is 10.7 Å². The van der Waals surface area contributed by atoms with Gasteiger partial charge in [0.25, 0.3) is 0 Å². The van der Waals surface area contributed by atoms with Gasteiger partial charge in [-0.05, 0) is 6.42 Å². The van der Waals surface area contributed by atoms with Crippen LogP contribution in [0.15, 0.2) is 10.8 Å². The topological polar surface area (TPSA) is 63.1 Å². The van der Waals surface area contributed by atoms with Crippen molar-refractivity contribution in [3.63, 3.8) is 0 Å². The van der Waals surface area contributed by atoms with E-state index in [4.69, 9.17) is 5.11 Å². The van der Waals surface area contributed by atoms with Crippen LogP contribution in [0.1, 0.15) is 22.4 Å². The predicted molar refractivity (Wildman–Crippen MR) is 59.6 cm³/mol. The van der Waals surface area contributed by atoms with Crippen LogP contribution in [0.3, 0.4) is 0 Å². The number of aromatic nitrogens is 2. The molecule has 0 atom stereocenters. The fourth-order valence-electron chi connectivity index (χ4n) is 1.06. The van der Waals surface area contributed by atoms with E-state index in [2.05, 4.69) is 9.97 Å². The number of aromatic carboxylic acids is 1. The molecule has 1 N–H and O–H groups in total. The molecule has 0 fully saturated rings. The molecule has 0 bridgehead atoms. The standard InChI is InChI=1S/C9H8N2O2S2/c1-2-7-10-5(3-14-7)8-11-6(4-15-8)9(12)13/h3-4H,2H2,1H3,(H,12,13). The van der Waals surface area contributed by atoms with Gasteiger partial charge in [-0.1, -0.05) is 6.92 Å². The Bertz CT molecular complexity index is 490. The number of carboxylic acid groups (broad SMARTS) is 1. The molecule has 15 heavy (non-hydrogen) atoms. The van der Waals surface area contributed by atoms with Crippen molar-refractivity contribution in [2.75, 3.05) is 0 Å². The monoisotopic (exact) mass is 240 g/mol. The molecule has 2 aromatic heterocycles. The zero-order chi connectivity index (χ0) is 10.8. The molecule has 2 aromatic rings. The summed E-state index contributed by atoms with van der Waals surface area (Å²) in [7, 11) is 0. The van der Waals surface area contributed by atoms with Crippen LogP contribution in [-0.4, -0.2) is 21.0 Å². The van der Waals surface area contributed by atoms with Gasteiger partial charge < -0.3 is 5.11 Å². The highest BCUT2D eigenvalue weighted by atomic mass is 32.1. The molecule has 0 aliphatic heterocycles. The van der Waals surface area contributed by atoms with E-state index >= 15 is 0 Å². The minimum Gasteiger partial charge on any atom is -0.476 e. The zero-order valence-electron chi connectivity index (χ0n) is 7.93. The summed E-state index contributed by atoms with van der Waals surface area (Å²) in [6.45, 7) is 2.03. The van der Waals surface area contributed by atoms with E-state index in [0.29, 0.717) is 5.01 Å². The maximum absolute atomic E-state index is 10.6. The van der Waals surface area contributed by atoms with E-state index in [1.54, 1.807) is 11.3 Å². The van der Waals surface area contributed by atoms with Crippen molar-refractivity contribution in [3.05, 3.63) is 21.5 Å². The van der Waals surface area contributed by atoms with E-state index in [1.807, 2.05) is 12.3 Å². The number of rotatable bonds is 3. The smallest absolute Gasteiger partial charge is 0.355 e. The summed E-state index contributed by atoms with van der Waals surface area (Å²) < 4.78 is 0. The quantitative estimate of drug-likeness (QED) is 0.895. The average Bonchev–Trinajstić information content (AvgIpc) is 2.86. The summed E-state index contributed by atoms with van der Waals surface area (Å²) in [5.74, 6) is -0.997. The highest BCUT2D eigenvalue weighted by Gasteiger charge is 2.12. The maximum Gasteiger partial charge on any atom is 0.355 e. The Kier molecular flexibility index (Phi) is 2.79. The zero-order valence-corrected chi connectivity index (χ0v) is 9.56. The molecule has 2 heterocycles. The number of hydrogen-bond acceptors (Lipinski definition) is 5. The molecule has 6 heteroatoms. The SMILES string of the molecule is CCc1nc(-c2nc(C(=O)O)cs2)cs1. The van der Waals surface area contributed by atoms with Crippen LogP contribution in [0.5, 0.6) is 0 Å². The van der Waals surface area contributed by atoms with Gasteiger partial charge in [0.15, 0.2) is 5.69 Å². The van der Waals surface area contributed by atoms with Crippen molar-refractivity contribution in [1.29, 1.82) is 0 Å². The molecule has 0 radical (unpaired) electrons. The fourth-order valence-corrected chi connectivity index (χ4v) is 2.62. The summed E-state index contributed by atoms with van der Waals surface area (Å²) >= 11 is 2.88. The van der Waals surface area contributed by atoms with Crippen LogP contribution >= 0.6 is 22.7 Å². The minimum absolute atomic E-state index is 0.0843. The number of carbonyl (C=O) groups is 1. The molecule has 0 amide bonds. The summed E-state index contributed by atoms with van der Waals surface area (Å²) in [6.07, 6.45) is 0.891. The lowest BCUT2D eigenvalue weighted by atomic mass is 10.4. The van der Waals surface area contributed by atoms with Gasteiger partial charge in [-0.3, -0.25) is 0 Å². The van der Waals surface area contributed by atoms with Crippen molar-refractivity contribution in [3.8, 4) is 10.7 Å². The van der Waals surface area contributed by atoms with Crippen molar-refractivity contribution < 1.29 is 9.90 Å². The van der Waals surface area contributed by atoms with Crippen molar-refractivity contribution in [1.82, 2.24) is 9.97 Å².